The van der Waals surface area contributed by atoms with E-state index in [1.807, 2.05) is 6.07 Å². The Balaban J connectivity index is 2.55. The van der Waals surface area contributed by atoms with Crippen LogP contribution < -0.4 is 0 Å². The number of hydrogen-bond donors (Lipinski definition) is 0. The van der Waals surface area contributed by atoms with Crippen LogP contribution in [0, 0.1) is 0 Å². The number of oxazole rings is 1. The van der Waals surface area contributed by atoms with Crippen molar-refractivity contribution in [3.05, 3.63) is 29.7 Å². The van der Waals surface area contributed by atoms with Gasteiger partial charge >= 0.3 is 0 Å². The van der Waals surface area contributed by atoms with Crippen molar-refractivity contribution in [3.63, 3.8) is 0 Å². The summed E-state index contributed by atoms with van der Waals surface area (Å²) in [5.41, 5.74) is 3.08. The summed E-state index contributed by atoms with van der Waals surface area (Å²) in [7, 11) is 0. The molecule has 1 aromatic heterocycles. The molecule has 0 spiro atoms. The Morgan fingerprint density at radius 2 is 2.07 bits per heavy atom. The Hall–Kier alpha value is -1.02. The lowest BCUT2D eigenvalue weighted by molar-refractivity contribution is 0.554. The Labute approximate surface area is 94.3 Å². The van der Waals surface area contributed by atoms with Gasteiger partial charge in [-0.25, -0.2) is 4.98 Å². The van der Waals surface area contributed by atoms with Crippen molar-refractivity contribution in [1.29, 1.82) is 0 Å². The van der Waals surface area contributed by atoms with E-state index < -0.39 is 0 Å². The van der Waals surface area contributed by atoms with Crippen molar-refractivity contribution < 1.29 is 4.42 Å². The second-order valence-corrected chi connectivity index (χ2v) is 4.94. The summed E-state index contributed by atoms with van der Waals surface area (Å²) in [5, 5.41) is 0. The molecule has 0 saturated heterocycles. The number of halogens is 1. The first-order chi connectivity index (χ1) is 7.00. The van der Waals surface area contributed by atoms with Gasteiger partial charge in [0.2, 0.25) is 5.89 Å². The zero-order valence-electron chi connectivity index (χ0n) is 9.17. The largest absolute Gasteiger partial charge is 0.439 e. The molecule has 0 saturated carbocycles. The summed E-state index contributed by atoms with van der Waals surface area (Å²) in [6.07, 6.45) is 0. The maximum atomic E-state index is 5.67. The number of aromatic nitrogens is 1. The van der Waals surface area contributed by atoms with Crippen LogP contribution in [-0.4, -0.2) is 4.98 Å². The SMILES string of the molecule is CC(C)(C)c1ccc2oc(CCl)nc2c1. The van der Waals surface area contributed by atoms with Gasteiger partial charge in [0.05, 0.1) is 5.88 Å². The molecule has 2 nitrogen and oxygen atoms in total. The molecule has 0 aliphatic heterocycles. The number of benzene rings is 1. The minimum absolute atomic E-state index is 0.133. The topological polar surface area (TPSA) is 26.0 Å². The Morgan fingerprint density at radius 3 is 2.67 bits per heavy atom. The fourth-order valence-electron chi connectivity index (χ4n) is 1.50. The van der Waals surface area contributed by atoms with E-state index in [0.29, 0.717) is 11.8 Å². The molecule has 0 fully saturated rings. The first kappa shape index (κ1) is 10.5. The lowest BCUT2D eigenvalue weighted by atomic mass is 9.87. The van der Waals surface area contributed by atoms with Crippen molar-refractivity contribution >= 4 is 22.7 Å². The first-order valence-electron chi connectivity index (χ1n) is 4.96. The highest BCUT2D eigenvalue weighted by atomic mass is 35.5. The van der Waals surface area contributed by atoms with Crippen molar-refractivity contribution in [2.75, 3.05) is 0 Å². The van der Waals surface area contributed by atoms with Gasteiger partial charge in [0.25, 0.3) is 0 Å². The Morgan fingerprint density at radius 1 is 1.33 bits per heavy atom. The number of hydrogen-bond acceptors (Lipinski definition) is 2. The van der Waals surface area contributed by atoms with Crippen LogP contribution in [0.4, 0.5) is 0 Å². The average molecular weight is 224 g/mol. The van der Waals surface area contributed by atoms with Crippen LogP contribution in [0.5, 0.6) is 0 Å². The highest BCUT2D eigenvalue weighted by Gasteiger charge is 2.15. The summed E-state index contributed by atoms with van der Waals surface area (Å²) in [5.74, 6) is 0.900. The summed E-state index contributed by atoms with van der Waals surface area (Å²) < 4.78 is 5.44. The lowest BCUT2D eigenvalue weighted by Gasteiger charge is -2.18. The molecule has 0 atom stereocenters. The van der Waals surface area contributed by atoms with Gasteiger partial charge in [-0.3, -0.25) is 0 Å². The molecule has 0 unspecified atom stereocenters. The van der Waals surface area contributed by atoms with E-state index >= 15 is 0 Å². The average Bonchev–Trinajstić information content (AvgIpc) is 2.57. The highest BCUT2D eigenvalue weighted by molar-refractivity contribution is 6.16. The number of alkyl halides is 1. The van der Waals surface area contributed by atoms with Crippen LogP contribution in [0.15, 0.2) is 22.6 Å². The highest BCUT2D eigenvalue weighted by Crippen LogP contribution is 2.26. The molecule has 80 valence electrons. The number of rotatable bonds is 1. The normalized spacial score (nSPS) is 12.3. The molecule has 0 aliphatic carbocycles. The van der Waals surface area contributed by atoms with Crippen molar-refractivity contribution in [3.8, 4) is 0 Å². The number of nitrogens with zero attached hydrogens (tertiary/aromatic N) is 1. The molecule has 1 aromatic carbocycles. The molecule has 2 aromatic rings. The zero-order chi connectivity index (χ0) is 11.1. The van der Waals surface area contributed by atoms with Gasteiger partial charge in [0, 0.05) is 0 Å². The van der Waals surface area contributed by atoms with Gasteiger partial charge in [-0.2, -0.15) is 0 Å². The maximum Gasteiger partial charge on any atom is 0.210 e. The zero-order valence-corrected chi connectivity index (χ0v) is 9.93. The maximum absolute atomic E-state index is 5.67. The molecule has 15 heavy (non-hydrogen) atoms. The van der Waals surface area contributed by atoms with Crippen LogP contribution in [0.1, 0.15) is 32.2 Å². The van der Waals surface area contributed by atoms with E-state index in [0.717, 1.165) is 11.1 Å². The second kappa shape index (κ2) is 3.53. The van der Waals surface area contributed by atoms with Gasteiger partial charge in [-0.05, 0) is 23.1 Å². The fraction of sp³-hybridized carbons (Fsp3) is 0.417. The summed E-state index contributed by atoms with van der Waals surface area (Å²) in [6, 6.07) is 6.10. The molecule has 0 aliphatic rings. The van der Waals surface area contributed by atoms with Crippen LogP contribution in [-0.2, 0) is 11.3 Å². The molecule has 2 rings (SSSR count). The third-order valence-electron chi connectivity index (χ3n) is 2.41. The van der Waals surface area contributed by atoms with Gasteiger partial charge in [-0.15, -0.1) is 11.6 Å². The van der Waals surface area contributed by atoms with Crippen molar-refractivity contribution in [2.45, 2.75) is 32.1 Å². The minimum Gasteiger partial charge on any atom is -0.439 e. The van der Waals surface area contributed by atoms with Crippen LogP contribution in [0.2, 0.25) is 0 Å². The molecule has 0 N–H and O–H groups in total. The van der Waals surface area contributed by atoms with E-state index in [-0.39, 0.29) is 5.41 Å². The van der Waals surface area contributed by atoms with Gasteiger partial charge < -0.3 is 4.42 Å². The Kier molecular flexibility index (Phi) is 2.47. The van der Waals surface area contributed by atoms with Gasteiger partial charge in [0.1, 0.15) is 5.52 Å². The predicted octanol–water partition coefficient (Wildman–Crippen LogP) is 3.86. The molecular formula is C12H14ClNO. The molecule has 3 heteroatoms. The quantitative estimate of drug-likeness (QED) is 0.686. The van der Waals surface area contributed by atoms with Crippen LogP contribution in [0.25, 0.3) is 11.1 Å². The summed E-state index contributed by atoms with van der Waals surface area (Å²) >= 11 is 5.67. The smallest absolute Gasteiger partial charge is 0.210 e. The summed E-state index contributed by atoms with van der Waals surface area (Å²) in [6.45, 7) is 6.53. The minimum atomic E-state index is 0.133. The molecular weight excluding hydrogens is 210 g/mol. The van der Waals surface area contributed by atoms with E-state index in [9.17, 15) is 0 Å². The first-order valence-corrected chi connectivity index (χ1v) is 5.50. The molecule has 0 bridgehead atoms. The predicted molar refractivity (Wildman–Crippen MR) is 62.3 cm³/mol. The van der Waals surface area contributed by atoms with Crippen LogP contribution >= 0.6 is 11.6 Å². The third kappa shape index (κ3) is 2.00. The van der Waals surface area contributed by atoms with Crippen LogP contribution in [0.3, 0.4) is 0 Å². The molecule has 1 heterocycles. The third-order valence-corrected chi connectivity index (χ3v) is 2.64. The van der Waals surface area contributed by atoms with Crippen molar-refractivity contribution in [1.82, 2.24) is 4.98 Å². The monoisotopic (exact) mass is 223 g/mol. The number of fused-ring (bicyclic) bond motifs is 1. The lowest BCUT2D eigenvalue weighted by Crippen LogP contribution is -2.10. The molecule has 0 amide bonds. The second-order valence-electron chi connectivity index (χ2n) is 4.67. The summed E-state index contributed by atoms with van der Waals surface area (Å²) in [4.78, 5) is 4.31. The van der Waals surface area contributed by atoms with Gasteiger partial charge in [-0.1, -0.05) is 26.8 Å². The van der Waals surface area contributed by atoms with E-state index in [1.165, 1.54) is 5.56 Å². The van der Waals surface area contributed by atoms with Gasteiger partial charge in [0.15, 0.2) is 5.58 Å². The fourth-order valence-corrected chi connectivity index (χ4v) is 1.61. The standard InChI is InChI=1S/C12H14ClNO/c1-12(2,3)8-4-5-10-9(6-8)14-11(7-13)15-10/h4-6H,7H2,1-3H3. The van der Waals surface area contributed by atoms with E-state index in [2.05, 4.69) is 37.9 Å². The van der Waals surface area contributed by atoms with E-state index in [4.69, 9.17) is 16.0 Å². The van der Waals surface area contributed by atoms with Crippen molar-refractivity contribution in [2.24, 2.45) is 0 Å². The van der Waals surface area contributed by atoms with E-state index in [1.54, 1.807) is 0 Å². The molecule has 0 radical (unpaired) electrons. The Bertz CT molecular complexity index is 482.